The van der Waals surface area contributed by atoms with Crippen LogP contribution in [0.5, 0.6) is 0 Å². The zero-order valence-electron chi connectivity index (χ0n) is 17.7. The zero-order chi connectivity index (χ0) is 21.8. The van der Waals surface area contributed by atoms with Crippen molar-refractivity contribution in [1.82, 2.24) is 14.3 Å². The summed E-state index contributed by atoms with van der Waals surface area (Å²) in [5.41, 5.74) is 3.15. The average Bonchev–Trinajstić information content (AvgIpc) is 3.20. The Labute approximate surface area is 184 Å². The third-order valence-electron chi connectivity index (χ3n) is 5.21. The molecule has 1 saturated heterocycles. The number of esters is 1. The number of morpholine rings is 1. The van der Waals surface area contributed by atoms with E-state index in [0.717, 1.165) is 35.6 Å². The number of hydrogen-bond acceptors (Lipinski definition) is 7. The predicted octanol–water partition coefficient (Wildman–Crippen LogP) is 3.03. The topological polar surface area (TPSA) is 73.1 Å². The number of aromatic nitrogens is 2. The van der Waals surface area contributed by atoms with Crippen molar-refractivity contribution in [2.24, 2.45) is 0 Å². The molecule has 1 aliphatic heterocycles. The van der Waals surface area contributed by atoms with Crippen LogP contribution in [0.15, 0.2) is 35.3 Å². The van der Waals surface area contributed by atoms with Gasteiger partial charge in [0.1, 0.15) is 11.5 Å². The van der Waals surface area contributed by atoms with Crippen molar-refractivity contribution < 1.29 is 14.3 Å². The van der Waals surface area contributed by atoms with Crippen LogP contribution in [0.1, 0.15) is 32.1 Å². The molecule has 4 rings (SSSR count). The molecule has 1 aliphatic rings. The van der Waals surface area contributed by atoms with Crippen LogP contribution in [-0.2, 0) is 9.47 Å². The van der Waals surface area contributed by atoms with Gasteiger partial charge in [0.2, 0.25) is 0 Å². The fourth-order valence-corrected chi connectivity index (χ4v) is 4.29. The molecule has 2 aromatic heterocycles. The second kappa shape index (κ2) is 9.55. The maximum atomic E-state index is 12.8. The molecule has 0 saturated carbocycles. The maximum absolute atomic E-state index is 12.8. The number of thiazole rings is 1. The molecule has 7 nitrogen and oxygen atoms in total. The average molecular weight is 440 g/mol. The van der Waals surface area contributed by atoms with E-state index in [-0.39, 0.29) is 5.56 Å². The van der Waals surface area contributed by atoms with Crippen molar-refractivity contribution in [1.29, 1.82) is 0 Å². The summed E-state index contributed by atoms with van der Waals surface area (Å²) in [5.74, 6) is -0.433. The van der Waals surface area contributed by atoms with Crippen LogP contribution in [0.2, 0.25) is 0 Å². The van der Waals surface area contributed by atoms with Crippen molar-refractivity contribution in [2.75, 3.05) is 39.5 Å². The van der Waals surface area contributed by atoms with Crippen LogP contribution < -0.4 is 5.56 Å². The first-order valence-corrected chi connectivity index (χ1v) is 11.1. The smallest absolute Gasteiger partial charge is 0.350 e. The van der Waals surface area contributed by atoms with E-state index in [4.69, 9.17) is 9.47 Å². The zero-order valence-corrected chi connectivity index (χ0v) is 18.5. The molecule has 0 N–H and O–H groups in total. The van der Waals surface area contributed by atoms with Gasteiger partial charge in [0.05, 0.1) is 18.9 Å². The molecule has 1 aromatic carbocycles. The van der Waals surface area contributed by atoms with Gasteiger partial charge in [0, 0.05) is 31.4 Å². The summed E-state index contributed by atoms with van der Waals surface area (Å²) in [6, 6.07) is 8.09. The number of aryl methyl sites for hydroxylation is 1. The molecule has 0 aliphatic carbocycles. The van der Waals surface area contributed by atoms with Crippen LogP contribution in [0, 0.1) is 13.8 Å². The summed E-state index contributed by atoms with van der Waals surface area (Å²) in [6.07, 6.45) is 5.30. The van der Waals surface area contributed by atoms with Crippen LogP contribution in [0.25, 0.3) is 17.1 Å². The first-order chi connectivity index (χ1) is 15.0. The molecule has 0 bridgehead atoms. The lowest BCUT2D eigenvalue weighted by Gasteiger charge is -2.26. The van der Waals surface area contributed by atoms with E-state index < -0.39 is 5.97 Å². The van der Waals surface area contributed by atoms with Gasteiger partial charge < -0.3 is 9.47 Å². The standard InChI is InChI=1S/C23H25N3O4S/c1-16-4-3-5-18(14-16)6-7-19-17(2)21(27)26-15-20(31-23(26)24-19)22(28)30-13-10-25-8-11-29-12-9-25/h3-7,14-15H,8-13H2,1-2H3. The van der Waals surface area contributed by atoms with Crippen LogP contribution >= 0.6 is 11.3 Å². The van der Waals surface area contributed by atoms with Gasteiger partial charge in [0.15, 0.2) is 4.96 Å². The van der Waals surface area contributed by atoms with Gasteiger partial charge in [-0.25, -0.2) is 9.78 Å². The summed E-state index contributed by atoms with van der Waals surface area (Å²) in [7, 11) is 0. The lowest BCUT2D eigenvalue weighted by Crippen LogP contribution is -2.38. The number of nitrogens with zero attached hydrogens (tertiary/aromatic N) is 3. The Morgan fingerprint density at radius 2 is 2.06 bits per heavy atom. The molecule has 3 aromatic rings. The van der Waals surface area contributed by atoms with Crippen LogP contribution in [0.3, 0.4) is 0 Å². The molecule has 3 heterocycles. The third-order valence-corrected chi connectivity index (χ3v) is 6.18. The highest BCUT2D eigenvalue weighted by Crippen LogP contribution is 2.18. The van der Waals surface area contributed by atoms with Crippen molar-refractivity contribution in [3.8, 4) is 0 Å². The first kappa shape index (κ1) is 21.4. The molecule has 0 unspecified atom stereocenters. The number of carbonyl (C=O) groups excluding carboxylic acids is 1. The number of carbonyl (C=O) groups is 1. The summed E-state index contributed by atoms with van der Waals surface area (Å²) in [5, 5.41) is 0. The van der Waals surface area contributed by atoms with E-state index in [0.29, 0.717) is 47.5 Å². The van der Waals surface area contributed by atoms with Crippen molar-refractivity contribution in [2.45, 2.75) is 13.8 Å². The van der Waals surface area contributed by atoms with Crippen molar-refractivity contribution in [3.05, 3.63) is 68.1 Å². The summed E-state index contributed by atoms with van der Waals surface area (Å²) >= 11 is 1.16. The second-order valence-corrected chi connectivity index (χ2v) is 8.52. The lowest BCUT2D eigenvalue weighted by atomic mass is 10.1. The number of ether oxygens (including phenoxy) is 2. The van der Waals surface area contributed by atoms with Gasteiger partial charge in [-0.3, -0.25) is 14.1 Å². The Balaban J connectivity index is 1.49. The fourth-order valence-electron chi connectivity index (χ4n) is 3.41. The molecular formula is C23H25N3O4S. The quantitative estimate of drug-likeness (QED) is 0.550. The van der Waals surface area contributed by atoms with Gasteiger partial charge in [-0.05, 0) is 25.5 Å². The Hall–Kier alpha value is -2.81. The molecule has 0 amide bonds. The molecule has 0 radical (unpaired) electrons. The van der Waals surface area contributed by atoms with E-state index in [9.17, 15) is 9.59 Å². The Bertz CT molecular complexity index is 1180. The summed E-state index contributed by atoms with van der Waals surface area (Å²) < 4.78 is 12.1. The van der Waals surface area contributed by atoms with Gasteiger partial charge in [-0.2, -0.15) is 0 Å². The molecule has 0 atom stereocenters. The lowest BCUT2D eigenvalue weighted by molar-refractivity contribution is 0.0197. The maximum Gasteiger partial charge on any atom is 0.350 e. The van der Waals surface area contributed by atoms with Crippen molar-refractivity contribution in [3.63, 3.8) is 0 Å². The highest BCUT2D eigenvalue weighted by Gasteiger charge is 2.17. The monoisotopic (exact) mass is 439 g/mol. The minimum atomic E-state index is -0.433. The number of benzene rings is 1. The number of hydrogen-bond donors (Lipinski definition) is 0. The second-order valence-electron chi connectivity index (χ2n) is 7.51. The predicted molar refractivity (Wildman–Crippen MR) is 122 cm³/mol. The largest absolute Gasteiger partial charge is 0.460 e. The van der Waals surface area contributed by atoms with Gasteiger partial charge in [-0.15, -0.1) is 0 Å². The van der Waals surface area contributed by atoms with E-state index in [1.807, 2.05) is 37.3 Å². The van der Waals surface area contributed by atoms with Crippen LogP contribution in [0.4, 0.5) is 0 Å². The summed E-state index contributed by atoms with van der Waals surface area (Å²) in [4.78, 5) is 32.9. The molecular weight excluding hydrogens is 414 g/mol. The normalized spacial score (nSPS) is 15.0. The Morgan fingerprint density at radius 3 is 2.84 bits per heavy atom. The number of fused-ring (bicyclic) bond motifs is 1. The van der Waals surface area contributed by atoms with Gasteiger partial charge >= 0.3 is 5.97 Å². The van der Waals surface area contributed by atoms with E-state index >= 15 is 0 Å². The summed E-state index contributed by atoms with van der Waals surface area (Å²) in [6.45, 7) is 7.86. The van der Waals surface area contributed by atoms with E-state index in [2.05, 4.69) is 16.0 Å². The minimum Gasteiger partial charge on any atom is -0.460 e. The Kier molecular flexibility index (Phi) is 6.60. The SMILES string of the molecule is Cc1cccc(C=Cc2nc3sc(C(=O)OCCN4CCOCC4)cn3c(=O)c2C)c1. The van der Waals surface area contributed by atoms with Crippen molar-refractivity contribution >= 4 is 34.4 Å². The molecule has 8 heteroatoms. The minimum absolute atomic E-state index is 0.183. The number of rotatable bonds is 6. The third kappa shape index (κ3) is 5.10. The van der Waals surface area contributed by atoms with E-state index in [1.54, 1.807) is 6.92 Å². The molecule has 31 heavy (non-hydrogen) atoms. The molecule has 0 spiro atoms. The van der Waals surface area contributed by atoms with E-state index in [1.165, 1.54) is 10.6 Å². The Morgan fingerprint density at radius 1 is 1.26 bits per heavy atom. The van der Waals surface area contributed by atoms with Gasteiger partial charge in [-0.1, -0.05) is 47.2 Å². The van der Waals surface area contributed by atoms with Crippen LogP contribution in [-0.4, -0.2) is 59.7 Å². The molecule has 162 valence electrons. The highest BCUT2D eigenvalue weighted by atomic mass is 32.1. The first-order valence-electron chi connectivity index (χ1n) is 10.3. The fraction of sp³-hybridized carbons (Fsp3) is 0.348. The van der Waals surface area contributed by atoms with Gasteiger partial charge in [0.25, 0.3) is 5.56 Å². The molecule has 1 fully saturated rings. The highest BCUT2D eigenvalue weighted by molar-refractivity contribution is 7.18.